The maximum absolute atomic E-state index is 13.7. The lowest BCUT2D eigenvalue weighted by Crippen LogP contribution is -2.33. The van der Waals surface area contributed by atoms with E-state index in [4.69, 9.17) is 17.3 Å². The van der Waals surface area contributed by atoms with Crippen LogP contribution in [0, 0.1) is 5.82 Å². The Balaban J connectivity index is 2.22. The van der Waals surface area contributed by atoms with E-state index in [0.717, 1.165) is 18.4 Å². The molecule has 0 bridgehead atoms. The van der Waals surface area contributed by atoms with E-state index in [2.05, 4.69) is 11.9 Å². The molecule has 1 aromatic heterocycles. The molecule has 0 aliphatic heterocycles. The Morgan fingerprint density at radius 3 is 2.68 bits per heavy atom. The second kappa shape index (κ2) is 4.37. The maximum atomic E-state index is 13.7. The molecule has 2 aromatic rings. The Morgan fingerprint density at radius 1 is 1.32 bits per heavy atom. The lowest BCUT2D eigenvalue weighted by atomic mass is 9.83. The molecule has 0 atom stereocenters. The summed E-state index contributed by atoms with van der Waals surface area (Å²) >= 11 is 5.80. The number of anilines is 1. The minimum Gasteiger partial charge on any atom is -0.369 e. The van der Waals surface area contributed by atoms with Gasteiger partial charge in [0.1, 0.15) is 5.82 Å². The third kappa shape index (κ3) is 1.98. The van der Waals surface area contributed by atoms with Crippen LogP contribution in [0.3, 0.4) is 0 Å². The second-order valence-electron chi connectivity index (χ2n) is 5.62. The first-order chi connectivity index (χ1) is 9.01. The summed E-state index contributed by atoms with van der Waals surface area (Å²) in [4.78, 5) is 4.33. The molecule has 0 spiro atoms. The Labute approximate surface area is 116 Å². The van der Waals surface area contributed by atoms with Crippen LogP contribution < -0.4 is 5.73 Å². The van der Waals surface area contributed by atoms with Crippen molar-refractivity contribution in [3.8, 4) is 0 Å². The molecule has 3 nitrogen and oxygen atoms in total. The summed E-state index contributed by atoms with van der Waals surface area (Å²) in [5, 5.41) is 0.0888. The van der Waals surface area contributed by atoms with E-state index in [1.807, 2.05) is 4.57 Å². The number of nitrogen functional groups attached to an aromatic ring is 1. The van der Waals surface area contributed by atoms with Crippen molar-refractivity contribution in [3.05, 3.63) is 23.0 Å². The highest BCUT2D eigenvalue weighted by Gasteiger charge is 2.32. The number of imidazole rings is 1. The van der Waals surface area contributed by atoms with Gasteiger partial charge in [0, 0.05) is 11.6 Å². The average Bonchev–Trinajstić information content (AvgIpc) is 2.67. The van der Waals surface area contributed by atoms with Gasteiger partial charge in [0.25, 0.3) is 0 Å². The van der Waals surface area contributed by atoms with E-state index in [-0.39, 0.29) is 10.6 Å². The van der Waals surface area contributed by atoms with Crippen molar-refractivity contribution in [1.82, 2.24) is 9.55 Å². The number of hydrogen-bond donors (Lipinski definition) is 1. The molecule has 1 fully saturated rings. The van der Waals surface area contributed by atoms with Gasteiger partial charge in [0.15, 0.2) is 0 Å². The van der Waals surface area contributed by atoms with Crippen LogP contribution in [0.4, 0.5) is 10.3 Å². The number of fused-ring (bicyclic) bond motifs is 1. The van der Waals surface area contributed by atoms with Gasteiger partial charge >= 0.3 is 0 Å². The van der Waals surface area contributed by atoms with Crippen molar-refractivity contribution >= 4 is 28.6 Å². The molecule has 1 aliphatic carbocycles. The molecule has 1 heterocycles. The van der Waals surface area contributed by atoms with Gasteiger partial charge in [-0.1, -0.05) is 30.9 Å². The first kappa shape index (κ1) is 12.7. The fourth-order valence-corrected chi connectivity index (χ4v) is 3.35. The number of hydrogen-bond acceptors (Lipinski definition) is 2. The highest BCUT2D eigenvalue weighted by Crippen LogP contribution is 2.39. The molecule has 3 rings (SSSR count). The third-order valence-electron chi connectivity index (χ3n) is 4.19. The lowest BCUT2D eigenvalue weighted by molar-refractivity contribution is 0.228. The molecule has 1 aromatic carbocycles. The minimum atomic E-state index is -0.422. The van der Waals surface area contributed by atoms with Crippen LogP contribution in [0.25, 0.3) is 11.0 Å². The summed E-state index contributed by atoms with van der Waals surface area (Å²) in [6, 6.07) is 2.99. The van der Waals surface area contributed by atoms with Gasteiger partial charge in [0.05, 0.1) is 16.1 Å². The molecule has 0 radical (unpaired) electrons. The van der Waals surface area contributed by atoms with Gasteiger partial charge in [-0.3, -0.25) is 0 Å². The minimum absolute atomic E-state index is 0.0721. The number of nitrogens with two attached hydrogens (primary N) is 1. The van der Waals surface area contributed by atoms with Crippen molar-refractivity contribution < 1.29 is 4.39 Å². The largest absolute Gasteiger partial charge is 0.369 e. The zero-order valence-corrected chi connectivity index (χ0v) is 11.7. The zero-order valence-electron chi connectivity index (χ0n) is 10.9. The predicted octanol–water partition coefficient (Wildman–Crippen LogP) is 4.09. The van der Waals surface area contributed by atoms with Gasteiger partial charge in [-0.2, -0.15) is 0 Å². The smallest absolute Gasteiger partial charge is 0.201 e. The quantitative estimate of drug-likeness (QED) is 0.855. The summed E-state index contributed by atoms with van der Waals surface area (Å²) in [6.45, 7) is 2.18. The highest BCUT2D eigenvalue weighted by molar-refractivity contribution is 6.31. The Hall–Kier alpha value is -1.29. The molecule has 1 saturated carbocycles. The summed E-state index contributed by atoms with van der Waals surface area (Å²) in [5.41, 5.74) is 7.39. The average molecular weight is 282 g/mol. The number of benzene rings is 1. The first-order valence-corrected chi connectivity index (χ1v) is 7.02. The molecule has 1 aliphatic rings. The molecule has 19 heavy (non-hydrogen) atoms. The highest BCUT2D eigenvalue weighted by atomic mass is 35.5. The van der Waals surface area contributed by atoms with Crippen LogP contribution in [0.2, 0.25) is 5.02 Å². The van der Waals surface area contributed by atoms with Crippen LogP contribution in [0.1, 0.15) is 39.0 Å². The zero-order chi connectivity index (χ0) is 13.6. The van der Waals surface area contributed by atoms with E-state index in [1.165, 1.54) is 25.3 Å². The van der Waals surface area contributed by atoms with E-state index in [1.54, 1.807) is 6.07 Å². The third-order valence-corrected chi connectivity index (χ3v) is 4.48. The van der Waals surface area contributed by atoms with Crippen LogP contribution in [0.15, 0.2) is 12.1 Å². The number of nitrogens with zero attached hydrogens (tertiary/aromatic N) is 2. The summed E-state index contributed by atoms with van der Waals surface area (Å²) in [6.07, 6.45) is 5.69. The summed E-state index contributed by atoms with van der Waals surface area (Å²) < 4.78 is 15.7. The van der Waals surface area contributed by atoms with Crippen molar-refractivity contribution in [2.45, 2.75) is 44.6 Å². The van der Waals surface area contributed by atoms with Gasteiger partial charge in [0.2, 0.25) is 5.95 Å². The predicted molar refractivity (Wildman–Crippen MR) is 75.8 cm³/mol. The van der Waals surface area contributed by atoms with E-state index >= 15 is 0 Å². The van der Waals surface area contributed by atoms with Gasteiger partial charge < -0.3 is 10.3 Å². The van der Waals surface area contributed by atoms with Crippen molar-refractivity contribution in [3.63, 3.8) is 0 Å². The molecule has 0 saturated heterocycles. The maximum Gasteiger partial charge on any atom is 0.201 e. The Morgan fingerprint density at radius 2 is 2.00 bits per heavy atom. The molecule has 5 heteroatoms. The fourth-order valence-electron chi connectivity index (χ4n) is 3.20. The number of rotatable bonds is 1. The fraction of sp³-hybridized carbons (Fsp3) is 0.500. The molecular weight excluding hydrogens is 265 g/mol. The SMILES string of the molecule is CC1(n2c(N)nc3cc(Cl)c(F)cc32)CCCCC1. The molecule has 2 N–H and O–H groups in total. The van der Waals surface area contributed by atoms with Gasteiger partial charge in [-0.05, 0) is 25.8 Å². The van der Waals surface area contributed by atoms with E-state index in [9.17, 15) is 4.39 Å². The normalized spacial score (nSPS) is 18.9. The lowest BCUT2D eigenvalue weighted by Gasteiger charge is -2.36. The van der Waals surface area contributed by atoms with Crippen LogP contribution >= 0.6 is 11.6 Å². The summed E-state index contributed by atoms with van der Waals surface area (Å²) in [5.74, 6) is 0.0239. The summed E-state index contributed by atoms with van der Waals surface area (Å²) in [7, 11) is 0. The van der Waals surface area contributed by atoms with Gasteiger partial charge in [-0.15, -0.1) is 0 Å². The van der Waals surface area contributed by atoms with Crippen molar-refractivity contribution in [2.24, 2.45) is 0 Å². The van der Waals surface area contributed by atoms with Crippen molar-refractivity contribution in [2.75, 3.05) is 5.73 Å². The first-order valence-electron chi connectivity index (χ1n) is 6.65. The standard InChI is InChI=1S/C14H17ClFN3/c1-14(5-3-2-4-6-14)19-12-8-10(16)9(15)7-11(12)18-13(19)17/h7-8H,2-6H2,1H3,(H2,17,18). The molecular formula is C14H17ClFN3. The number of aromatic nitrogens is 2. The monoisotopic (exact) mass is 281 g/mol. The second-order valence-corrected chi connectivity index (χ2v) is 6.03. The topological polar surface area (TPSA) is 43.8 Å². The van der Waals surface area contributed by atoms with E-state index in [0.29, 0.717) is 11.5 Å². The van der Waals surface area contributed by atoms with Crippen LogP contribution in [-0.2, 0) is 5.54 Å². The Kier molecular flexibility index (Phi) is 2.93. The van der Waals surface area contributed by atoms with E-state index < -0.39 is 5.82 Å². The van der Waals surface area contributed by atoms with Crippen LogP contribution in [-0.4, -0.2) is 9.55 Å². The number of halogens is 2. The molecule has 102 valence electrons. The van der Waals surface area contributed by atoms with Crippen LogP contribution in [0.5, 0.6) is 0 Å². The molecule has 0 unspecified atom stereocenters. The Bertz CT molecular complexity index is 629. The van der Waals surface area contributed by atoms with Gasteiger partial charge in [-0.25, -0.2) is 9.37 Å². The molecule has 0 amide bonds. The van der Waals surface area contributed by atoms with Crippen molar-refractivity contribution in [1.29, 1.82) is 0 Å².